The van der Waals surface area contributed by atoms with Crippen LogP contribution < -0.4 is 10.6 Å². The van der Waals surface area contributed by atoms with Gasteiger partial charge in [-0.2, -0.15) is 0 Å². The number of ether oxygens (including phenoxy) is 1. The van der Waals surface area contributed by atoms with E-state index in [0.717, 1.165) is 39.1 Å². The van der Waals surface area contributed by atoms with Crippen LogP contribution in [0, 0.1) is 0 Å². The molecular weight excluding hydrogens is 168 g/mol. The van der Waals surface area contributed by atoms with Gasteiger partial charge in [0.05, 0.1) is 6.10 Å². The summed E-state index contributed by atoms with van der Waals surface area (Å²) < 4.78 is 4.94. The van der Waals surface area contributed by atoms with Crippen LogP contribution in [0.15, 0.2) is 0 Å². The van der Waals surface area contributed by atoms with Crippen molar-refractivity contribution in [3.05, 3.63) is 0 Å². The van der Waals surface area contributed by atoms with Gasteiger partial charge in [0.2, 0.25) is 0 Å². The number of methoxy groups -OCH3 is 1. The van der Waals surface area contributed by atoms with Crippen molar-refractivity contribution in [2.24, 2.45) is 0 Å². The van der Waals surface area contributed by atoms with Crippen molar-refractivity contribution in [1.29, 1.82) is 0 Å². The molecule has 0 spiro atoms. The summed E-state index contributed by atoms with van der Waals surface area (Å²) in [6.07, 6.45) is 1.66. The quantitative estimate of drug-likeness (QED) is 0.501. The predicted molar refractivity (Wildman–Crippen MR) is 51.8 cm³/mol. The van der Waals surface area contributed by atoms with Crippen molar-refractivity contribution in [2.45, 2.75) is 25.0 Å². The van der Waals surface area contributed by atoms with E-state index in [9.17, 15) is 5.11 Å². The molecule has 0 radical (unpaired) electrons. The average Bonchev–Trinajstić information content (AvgIpc) is 2.15. The van der Waals surface area contributed by atoms with Crippen LogP contribution in [-0.2, 0) is 4.74 Å². The van der Waals surface area contributed by atoms with Gasteiger partial charge in [0.1, 0.15) is 0 Å². The summed E-state index contributed by atoms with van der Waals surface area (Å²) in [6, 6.07) is 0.214. The van der Waals surface area contributed by atoms with Gasteiger partial charge in [-0.15, -0.1) is 0 Å². The molecule has 0 saturated carbocycles. The minimum Gasteiger partial charge on any atom is -0.391 e. The van der Waals surface area contributed by atoms with Crippen molar-refractivity contribution >= 4 is 0 Å². The molecule has 13 heavy (non-hydrogen) atoms. The van der Waals surface area contributed by atoms with E-state index in [1.165, 1.54) is 0 Å². The molecule has 2 atom stereocenters. The van der Waals surface area contributed by atoms with Crippen LogP contribution in [0.2, 0.25) is 0 Å². The van der Waals surface area contributed by atoms with Gasteiger partial charge in [-0.05, 0) is 25.9 Å². The zero-order valence-electron chi connectivity index (χ0n) is 8.25. The minimum atomic E-state index is -0.191. The summed E-state index contributed by atoms with van der Waals surface area (Å²) in [6.45, 7) is 3.49. The summed E-state index contributed by atoms with van der Waals surface area (Å²) in [5.41, 5.74) is 0. The second kappa shape index (κ2) is 6.32. The maximum absolute atomic E-state index is 9.59. The number of hydrogen-bond acceptors (Lipinski definition) is 4. The third kappa shape index (κ3) is 4.04. The van der Waals surface area contributed by atoms with Crippen LogP contribution in [0.5, 0.6) is 0 Å². The minimum absolute atomic E-state index is 0.191. The fourth-order valence-corrected chi connectivity index (χ4v) is 1.56. The van der Waals surface area contributed by atoms with Crippen molar-refractivity contribution in [1.82, 2.24) is 10.6 Å². The van der Waals surface area contributed by atoms with Crippen molar-refractivity contribution in [3.63, 3.8) is 0 Å². The van der Waals surface area contributed by atoms with E-state index in [-0.39, 0.29) is 12.1 Å². The lowest BCUT2D eigenvalue weighted by molar-refractivity contribution is 0.0973. The highest BCUT2D eigenvalue weighted by molar-refractivity contribution is 4.82. The molecule has 3 N–H and O–H groups in total. The molecule has 0 aromatic heterocycles. The SMILES string of the molecule is COCCCN[C@H]1CNCC[C@@H]1O. The Morgan fingerprint density at radius 3 is 3.15 bits per heavy atom. The molecule has 1 fully saturated rings. The van der Waals surface area contributed by atoms with E-state index in [2.05, 4.69) is 10.6 Å². The van der Waals surface area contributed by atoms with Crippen LogP contribution in [0.25, 0.3) is 0 Å². The lowest BCUT2D eigenvalue weighted by Gasteiger charge is -2.29. The fourth-order valence-electron chi connectivity index (χ4n) is 1.56. The standard InChI is InChI=1S/C9H20N2O2/c1-13-6-2-4-11-8-7-10-5-3-9(8)12/h8-12H,2-7H2,1H3/t8-,9-/m0/s1. The first-order chi connectivity index (χ1) is 6.34. The molecule has 78 valence electrons. The normalized spacial score (nSPS) is 29.1. The van der Waals surface area contributed by atoms with Crippen LogP contribution in [0.1, 0.15) is 12.8 Å². The molecule has 0 aromatic carbocycles. The first-order valence-electron chi connectivity index (χ1n) is 4.95. The molecule has 0 aromatic rings. The Morgan fingerprint density at radius 1 is 1.62 bits per heavy atom. The second-order valence-corrected chi connectivity index (χ2v) is 3.47. The van der Waals surface area contributed by atoms with E-state index < -0.39 is 0 Å². The predicted octanol–water partition coefficient (Wildman–Crippen LogP) is -0.665. The molecule has 0 unspecified atom stereocenters. The maximum Gasteiger partial charge on any atom is 0.0717 e. The zero-order valence-corrected chi connectivity index (χ0v) is 8.25. The molecule has 0 amide bonds. The van der Waals surface area contributed by atoms with E-state index in [0.29, 0.717) is 0 Å². The van der Waals surface area contributed by atoms with E-state index >= 15 is 0 Å². The van der Waals surface area contributed by atoms with Crippen molar-refractivity contribution in [3.8, 4) is 0 Å². The summed E-state index contributed by atoms with van der Waals surface area (Å²) in [7, 11) is 1.71. The first kappa shape index (κ1) is 10.9. The first-order valence-corrected chi connectivity index (χ1v) is 4.95. The highest BCUT2D eigenvalue weighted by Gasteiger charge is 2.21. The van der Waals surface area contributed by atoms with E-state index in [1.807, 2.05) is 0 Å². The van der Waals surface area contributed by atoms with Gasteiger partial charge in [-0.25, -0.2) is 0 Å². The van der Waals surface area contributed by atoms with Gasteiger partial charge in [-0.3, -0.25) is 0 Å². The van der Waals surface area contributed by atoms with Crippen LogP contribution in [0.3, 0.4) is 0 Å². The second-order valence-electron chi connectivity index (χ2n) is 3.47. The molecule has 4 heteroatoms. The smallest absolute Gasteiger partial charge is 0.0717 e. The number of nitrogens with one attached hydrogen (secondary N) is 2. The molecule has 1 rings (SSSR count). The molecule has 1 aliphatic rings. The summed E-state index contributed by atoms with van der Waals surface area (Å²) >= 11 is 0. The third-order valence-electron chi connectivity index (χ3n) is 2.38. The summed E-state index contributed by atoms with van der Waals surface area (Å²) in [5.74, 6) is 0. The number of rotatable bonds is 5. The van der Waals surface area contributed by atoms with Crippen molar-refractivity contribution < 1.29 is 9.84 Å². The number of piperidine rings is 1. The third-order valence-corrected chi connectivity index (χ3v) is 2.38. The van der Waals surface area contributed by atoms with Crippen LogP contribution in [-0.4, -0.2) is 50.6 Å². The molecule has 1 heterocycles. The van der Waals surface area contributed by atoms with Gasteiger partial charge in [0.25, 0.3) is 0 Å². The fraction of sp³-hybridized carbons (Fsp3) is 1.00. The Hall–Kier alpha value is -0.160. The number of aliphatic hydroxyl groups is 1. The Balaban J connectivity index is 2.05. The lowest BCUT2D eigenvalue weighted by Crippen LogP contribution is -2.52. The van der Waals surface area contributed by atoms with Gasteiger partial charge in [-0.1, -0.05) is 0 Å². The van der Waals surface area contributed by atoms with E-state index in [1.54, 1.807) is 7.11 Å². The maximum atomic E-state index is 9.59. The van der Waals surface area contributed by atoms with Gasteiger partial charge < -0.3 is 20.5 Å². The zero-order chi connectivity index (χ0) is 9.52. The monoisotopic (exact) mass is 188 g/mol. The van der Waals surface area contributed by atoms with Gasteiger partial charge in [0.15, 0.2) is 0 Å². The Kier molecular flexibility index (Phi) is 5.31. The average molecular weight is 188 g/mol. The Bertz CT molecular complexity index is 133. The Labute approximate surface area is 79.7 Å². The molecule has 4 nitrogen and oxygen atoms in total. The lowest BCUT2D eigenvalue weighted by atomic mass is 10.0. The topological polar surface area (TPSA) is 53.5 Å². The molecule has 0 bridgehead atoms. The number of aliphatic hydroxyl groups excluding tert-OH is 1. The molecule has 1 aliphatic heterocycles. The Morgan fingerprint density at radius 2 is 2.46 bits per heavy atom. The molecule has 0 aliphatic carbocycles. The highest BCUT2D eigenvalue weighted by atomic mass is 16.5. The van der Waals surface area contributed by atoms with Crippen molar-refractivity contribution in [2.75, 3.05) is 33.4 Å². The van der Waals surface area contributed by atoms with Crippen LogP contribution in [0.4, 0.5) is 0 Å². The van der Waals surface area contributed by atoms with Gasteiger partial charge in [0, 0.05) is 26.3 Å². The largest absolute Gasteiger partial charge is 0.391 e. The highest BCUT2D eigenvalue weighted by Crippen LogP contribution is 2.02. The summed E-state index contributed by atoms with van der Waals surface area (Å²) in [5, 5.41) is 16.2. The van der Waals surface area contributed by atoms with Gasteiger partial charge >= 0.3 is 0 Å². The molecule has 1 saturated heterocycles. The summed E-state index contributed by atoms with van der Waals surface area (Å²) in [4.78, 5) is 0. The van der Waals surface area contributed by atoms with Crippen LogP contribution >= 0.6 is 0 Å². The van der Waals surface area contributed by atoms with E-state index in [4.69, 9.17) is 4.74 Å². The number of hydrogen-bond donors (Lipinski definition) is 3. The molecular formula is C9H20N2O2.